The van der Waals surface area contributed by atoms with Gasteiger partial charge in [0.05, 0.1) is 15.3 Å². The van der Waals surface area contributed by atoms with Crippen LogP contribution in [0.25, 0.3) is 0 Å². The van der Waals surface area contributed by atoms with Gasteiger partial charge in [-0.15, -0.1) is 11.3 Å². The van der Waals surface area contributed by atoms with Gasteiger partial charge in [-0.25, -0.2) is 0 Å². The number of amides is 1. The quantitative estimate of drug-likeness (QED) is 0.894. The van der Waals surface area contributed by atoms with Crippen LogP contribution in [0, 0.1) is 5.92 Å². The van der Waals surface area contributed by atoms with Gasteiger partial charge in [0.1, 0.15) is 0 Å². The maximum absolute atomic E-state index is 11.9. The average Bonchev–Trinajstić information content (AvgIpc) is 2.76. The van der Waals surface area contributed by atoms with Crippen LogP contribution in [0.4, 0.5) is 0 Å². The van der Waals surface area contributed by atoms with Gasteiger partial charge in [-0.3, -0.25) is 9.59 Å². The monoisotopic (exact) mass is 331 g/mol. The predicted octanol–water partition coefficient (Wildman–Crippen LogP) is 2.88. The minimum atomic E-state index is -0.721. The highest BCUT2D eigenvalue weighted by atomic mass is 79.9. The molecule has 2 N–H and O–H groups in total. The van der Waals surface area contributed by atoms with Crippen molar-refractivity contribution >= 4 is 39.1 Å². The summed E-state index contributed by atoms with van der Waals surface area (Å²) in [6.45, 7) is 0. The van der Waals surface area contributed by atoms with Crippen LogP contribution in [-0.2, 0) is 4.79 Å². The van der Waals surface area contributed by atoms with E-state index < -0.39 is 5.97 Å². The number of carbonyl (C=O) groups is 2. The highest BCUT2D eigenvalue weighted by Gasteiger charge is 2.26. The molecule has 0 aliphatic heterocycles. The molecule has 0 saturated heterocycles. The molecule has 2 rings (SSSR count). The third kappa shape index (κ3) is 3.32. The van der Waals surface area contributed by atoms with E-state index in [2.05, 4.69) is 21.2 Å². The Labute approximate surface area is 118 Å². The van der Waals surface area contributed by atoms with Crippen molar-refractivity contribution in [1.82, 2.24) is 5.32 Å². The molecule has 6 heteroatoms. The first-order valence-electron chi connectivity index (χ1n) is 5.84. The summed E-state index contributed by atoms with van der Waals surface area (Å²) < 4.78 is 0.933. The molecule has 4 nitrogen and oxygen atoms in total. The largest absolute Gasteiger partial charge is 0.481 e. The third-order valence-corrected chi connectivity index (χ3v) is 4.75. The zero-order valence-corrected chi connectivity index (χ0v) is 12.1. The standard InChI is InChI=1S/C12H14BrNO3S/c13-10-5-8(6-18-10)11(15)14-9-3-1-7(2-4-9)12(16)17/h5-7,9H,1-4H2,(H,14,15)(H,16,17). The molecule has 1 aliphatic carbocycles. The van der Waals surface area contributed by atoms with Crippen LogP contribution in [0.1, 0.15) is 36.0 Å². The SMILES string of the molecule is O=C(NC1CCC(C(=O)O)CC1)c1csc(Br)c1. The number of hydrogen-bond donors (Lipinski definition) is 2. The van der Waals surface area contributed by atoms with Gasteiger partial charge in [-0.2, -0.15) is 0 Å². The second kappa shape index (κ2) is 5.84. The Morgan fingerprint density at radius 1 is 1.33 bits per heavy atom. The van der Waals surface area contributed by atoms with Gasteiger partial charge in [-0.1, -0.05) is 0 Å². The number of aliphatic carboxylic acids is 1. The van der Waals surface area contributed by atoms with Gasteiger partial charge in [-0.05, 0) is 47.7 Å². The fourth-order valence-corrected chi connectivity index (χ4v) is 3.32. The summed E-state index contributed by atoms with van der Waals surface area (Å²) in [7, 11) is 0. The molecular weight excluding hydrogens is 318 g/mol. The summed E-state index contributed by atoms with van der Waals surface area (Å²) in [6, 6.07) is 1.90. The van der Waals surface area contributed by atoms with E-state index in [4.69, 9.17) is 5.11 Å². The first-order chi connectivity index (χ1) is 8.56. The van der Waals surface area contributed by atoms with Crippen molar-refractivity contribution in [2.45, 2.75) is 31.7 Å². The second-order valence-corrected chi connectivity index (χ2v) is 6.79. The molecule has 1 aromatic heterocycles. The first kappa shape index (κ1) is 13.5. The van der Waals surface area contributed by atoms with E-state index in [0.717, 1.165) is 16.6 Å². The molecular formula is C12H14BrNO3S. The molecule has 1 saturated carbocycles. The summed E-state index contributed by atoms with van der Waals surface area (Å²) in [5, 5.41) is 13.7. The maximum Gasteiger partial charge on any atom is 0.306 e. The van der Waals surface area contributed by atoms with Gasteiger partial charge in [0.2, 0.25) is 0 Å². The van der Waals surface area contributed by atoms with E-state index >= 15 is 0 Å². The smallest absolute Gasteiger partial charge is 0.306 e. The molecule has 1 amide bonds. The summed E-state index contributed by atoms with van der Waals surface area (Å²) in [5.41, 5.74) is 0.659. The number of nitrogens with one attached hydrogen (secondary N) is 1. The van der Waals surface area contributed by atoms with Gasteiger partial charge in [0, 0.05) is 11.4 Å². The number of carboxylic acid groups (broad SMARTS) is 1. The zero-order valence-electron chi connectivity index (χ0n) is 9.69. The van der Waals surface area contributed by atoms with Crippen molar-refractivity contribution in [1.29, 1.82) is 0 Å². The van der Waals surface area contributed by atoms with E-state index in [-0.39, 0.29) is 17.9 Å². The number of rotatable bonds is 3. The van der Waals surface area contributed by atoms with E-state index in [1.165, 1.54) is 11.3 Å². The van der Waals surface area contributed by atoms with Crippen molar-refractivity contribution in [2.24, 2.45) is 5.92 Å². The Balaban J connectivity index is 1.85. The molecule has 0 unspecified atom stereocenters. The molecule has 1 heterocycles. The van der Waals surface area contributed by atoms with Crippen molar-refractivity contribution in [3.63, 3.8) is 0 Å². The number of thiophene rings is 1. The summed E-state index contributed by atoms with van der Waals surface area (Å²) in [5.74, 6) is -1.04. The number of carboxylic acids is 1. The molecule has 1 aromatic rings. The molecule has 98 valence electrons. The molecule has 0 spiro atoms. The highest BCUT2D eigenvalue weighted by Crippen LogP contribution is 2.25. The summed E-state index contributed by atoms with van der Waals surface area (Å²) in [6.07, 6.45) is 2.78. The Hall–Kier alpha value is -0.880. The number of halogens is 1. The van der Waals surface area contributed by atoms with Gasteiger partial charge < -0.3 is 10.4 Å². The first-order valence-corrected chi connectivity index (χ1v) is 7.51. The van der Waals surface area contributed by atoms with E-state index in [1.807, 2.05) is 5.38 Å². The zero-order chi connectivity index (χ0) is 13.1. The van der Waals surface area contributed by atoms with E-state index in [9.17, 15) is 9.59 Å². The van der Waals surface area contributed by atoms with Crippen LogP contribution in [0.15, 0.2) is 15.2 Å². The molecule has 1 fully saturated rings. The molecule has 0 atom stereocenters. The second-order valence-electron chi connectivity index (χ2n) is 4.50. The fraction of sp³-hybridized carbons (Fsp3) is 0.500. The fourth-order valence-electron chi connectivity index (χ4n) is 2.18. The van der Waals surface area contributed by atoms with Crippen LogP contribution in [-0.4, -0.2) is 23.0 Å². The molecule has 0 radical (unpaired) electrons. The Morgan fingerprint density at radius 3 is 2.50 bits per heavy atom. The molecule has 0 bridgehead atoms. The maximum atomic E-state index is 11.9. The van der Waals surface area contributed by atoms with Crippen LogP contribution in [0.5, 0.6) is 0 Å². The van der Waals surface area contributed by atoms with E-state index in [0.29, 0.717) is 18.4 Å². The van der Waals surface area contributed by atoms with Crippen LogP contribution in [0.2, 0.25) is 0 Å². The Kier molecular flexibility index (Phi) is 4.40. The van der Waals surface area contributed by atoms with Crippen molar-refractivity contribution in [3.8, 4) is 0 Å². The van der Waals surface area contributed by atoms with Crippen molar-refractivity contribution in [2.75, 3.05) is 0 Å². The predicted molar refractivity (Wildman–Crippen MR) is 72.9 cm³/mol. The third-order valence-electron chi connectivity index (χ3n) is 3.24. The van der Waals surface area contributed by atoms with Crippen LogP contribution >= 0.6 is 27.3 Å². The summed E-state index contributed by atoms with van der Waals surface area (Å²) in [4.78, 5) is 22.7. The molecule has 0 aromatic carbocycles. The minimum absolute atomic E-state index is 0.0734. The summed E-state index contributed by atoms with van der Waals surface area (Å²) >= 11 is 4.80. The Bertz CT molecular complexity index is 452. The van der Waals surface area contributed by atoms with Gasteiger partial charge in [0.15, 0.2) is 0 Å². The minimum Gasteiger partial charge on any atom is -0.481 e. The van der Waals surface area contributed by atoms with Gasteiger partial charge in [0.25, 0.3) is 5.91 Å². The number of carbonyl (C=O) groups excluding carboxylic acids is 1. The van der Waals surface area contributed by atoms with Crippen LogP contribution in [0.3, 0.4) is 0 Å². The molecule has 18 heavy (non-hydrogen) atoms. The van der Waals surface area contributed by atoms with Gasteiger partial charge >= 0.3 is 5.97 Å². The average molecular weight is 332 g/mol. The lowest BCUT2D eigenvalue weighted by molar-refractivity contribution is -0.142. The van der Waals surface area contributed by atoms with Crippen LogP contribution < -0.4 is 5.32 Å². The normalized spacial score (nSPS) is 23.6. The van der Waals surface area contributed by atoms with E-state index in [1.54, 1.807) is 6.07 Å². The topological polar surface area (TPSA) is 66.4 Å². The lowest BCUT2D eigenvalue weighted by Crippen LogP contribution is -2.38. The van der Waals surface area contributed by atoms with Crippen molar-refractivity contribution in [3.05, 3.63) is 20.8 Å². The number of hydrogen-bond acceptors (Lipinski definition) is 3. The lowest BCUT2D eigenvalue weighted by Gasteiger charge is -2.26. The molecule has 1 aliphatic rings. The Morgan fingerprint density at radius 2 is 2.00 bits per heavy atom. The lowest BCUT2D eigenvalue weighted by atomic mass is 9.86. The van der Waals surface area contributed by atoms with Crippen molar-refractivity contribution < 1.29 is 14.7 Å². The highest BCUT2D eigenvalue weighted by molar-refractivity contribution is 9.11.